The predicted octanol–water partition coefficient (Wildman–Crippen LogP) is 3.35. The molecule has 0 aromatic heterocycles. The number of aromatic hydroxyl groups is 1. The Morgan fingerprint density at radius 2 is 2.05 bits per heavy atom. The van der Waals surface area contributed by atoms with Crippen LogP contribution in [-0.4, -0.2) is 36.2 Å². The van der Waals surface area contributed by atoms with Gasteiger partial charge in [-0.15, -0.1) is 6.58 Å². The summed E-state index contributed by atoms with van der Waals surface area (Å²) in [6.45, 7) is 9.03. The molecule has 3 nitrogen and oxygen atoms in total. The largest absolute Gasteiger partial charge is 0.505 e. The molecule has 2 rings (SSSR count). The number of phenolic OH excluding ortho intramolecular Hbond substituents is 1. The molecule has 1 aliphatic rings. The molecule has 0 unspecified atom stereocenters. The van der Waals surface area contributed by atoms with Crippen molar-refractivity contribution in [3.63, 3.8) is 0 Å². The van der Waals surface area contributed by atoms with Gasteiger partial charge in [-0.1, -0.05) is 5.57 Å². The zero-order valence-electron chi connectivity index (χ0n) is 11.9. The van der Waals surface area contributed by atoms with E-state index in [1.54, 1.807) is 0 Å². The van der Waals surface area contributed by atoms with E-state index in [1.807, 2.05) is 6.92 Å². The SMILES string of the molecule is C=C(C)C[C@@H](c1cc(Br)c(F)c(F)c1O)N1CCNCC1. The first-order valence-electron chi connectivity index (χ1n) is 6.87. The smallest absolute Gasteiger partial charge is 0.201 e. The molecule has 1 heterocycles. The minimum atomic E-state index is -1.21. The first-order valence-corrected chi connectivity index (χ1v) is 7.66. The van der Waals surface area contributed by atoms with E-state index in [9.17, 15) is 13.9 Å². The molecule has 116 valence electrons. The van der Waals surface area contributed by atoms with Gasteiger partial charge < -0.3 is 10.4 Å². The average Bonchev–Trinajstić information content (AvgIpc) is 2.47. The lowest BCUT2D eigenvalue weighted by Crippen LogP contribution is -2.45. The number of halogens is 3. The summed E-state index contributed by atoms with van der Waals surface area (Å²) in [6, 6.07) is 1.25. The number of phenols is 1. The average molecular weight is 361 g/mol. The fourth-order valence-electron chi connectivity index (χ4n) is 2.62. The Morgan fingerprint density at radius 3 is 2.62 bits per heavy atom. The number of nitrogens with one attached hydrogen (secondary N) is 1. The van der Waals surface area contributed by atoms with Crippen LogP contribution in [0.5, 0.6) is 5.75 Å². The summed E-state index contributed by atoms with van der Waals surface area (Å²) in [4.78, 5) is 2.16. The zero-order valence-corrected chi connectivity index (χ0v) is 13.5. The molecule has 1 atom stereocenters. The highest BCUT2D eigenvalue weighted by atomic mass is 79.9. The Morgan fingerprint density at radius 1 is 1.43 bits per heavy atom. The van der Waals surface area contributed by atoms with Crippen LogP contribution in [0.1, 0.15) is 24.9 Å². The van der Waals surface area contributed by atoms with Crippen molar-refractivity contribution in [1.82, 2.24) is 10.2 Å². The molecule has 21 heavy (non-hydrogen) atoms. The third-order valence-electron chi connectivity index (χ3n) is 3.66. The minimum absolute atomic E-state index is 0.0228. The number of benzene rings is 1. The molecule has 2 N–H and O–H groups in total. The highest BCUT2D eigenvalue weighted by molar-refractivity contribution is 9.10. The number of hydrogen-bond acceptors (Lipinski definition) is 3. The molecule has 0 amide bonds. The van der Waals surface area contributed by atoms with Crippen molar-refractivity contribution in [2.24, 2.45) is 0 Å². The molecular weight excluding hydrogens is 342 g/mol. The van der Waals surface area contributed by atoms with Crippen molar-refractivity contribution in [2.75, 3.05) is 26.2 Å². The van der Waals surface area contributed by atoms with E-state index in [-0.39, 0.29) is 10.5 Å². The molecule has 0 bridgehead atoms. The molecule has 1 aromatic carbocycles. The summed E-state index contributed by atoms with van der Waals surface area (Å²) in [5.74, 6) is -2.88. The van der Waals surface area contributed by atoms with Gasteiger partial charge in [0, 0.05) is 37.8 Å². The van der Waals surface area contributed by atoms with Gasteiger partial charge in [-0.2, -0.15) is 4.39 Å². The molecule has 0 radical (unpaired) electrons. The van der Waals surface area contributed by atoms with Gasteiger partial charge in [0.25, 0.3) is 0 Å². The van der Waals surface area contributed by atoms with Gasteiger partial charge in [-0.05, 0) is 35.3 Å². The second kappa shape index (κ2) is 6.85. The van der Waals surface area contributed by atoms with Gasteiger partial charge in [0.2, 0.25) is 5.82 Å². The van der Waals surface area contributed by atoms with Crippen LogP contribution < -0.4 is 5.32 Å². The van der Waals surface area contributed by atoms with Gasteiger partial charge in [0.05, 0.1) is 4.47 Å². The maximum atomic E-state index is 13.8. The molecular formula is C15H19BrF2N2O. The number of piperazine rings is 1. The van der Waals surface area contributed by atoms with Gasteiger partial charge in [0.1, 0.15) is 0 Å². The molecule has 1 fully saturated rings. The summed E-state index contributed by atoms with van der Waals surface area (Å²) in [7, 11) is 0. The lowest BCUT2D eigenvalue weighted by molar-refractivity contribution is 0.169. The summed E-state index contributed by atoms with van der Waals surface area (Å²) in [5.41, 5.74) is 1.32. The van der Waals surface area contributed by atoms with Crippen LogP contribution in [0.3, 0.4) is 0 Å². The third kappa shape index (κ3) is 3.62. The van der Waals surface area contributed by atoms with E-state index in [2.05, 4.69) is 32.7 Å². The summed E-state index contributed by atoms with van der Waals surface area (Å²) < 4.78 is 27.3. The van der Waals surface area contributed by atoms with Gasteiger partial charge in [-0.25, -0.2) is 4.39 Å². The molecule has 1 aliphatic heterocycles. The van der Waals surface area contributed by atoms with Crippen LogP contribution in [0.25, 0.3) is 0 Å². The molecule has 1 saturated heterocycles. The summed E-state index contributed by atoms with van der Waals surface area (Å²) in [6.07, 6.45) is 0.588. The summed E-state index contributed by atoms with van der Waals surface area (Å²) in [5, 5.41) is 13.3. The normalized spacial score (nSPS) is 17.7. The third-order valence-corrected chi connectivity index (χ3v) is 4.24. The van der Waals surface area contributed by atoms with Crippen LogP contribution >= 0.6 is 15.9 Å². The van der Waals surface area contributed by atoms with E-state index in [0.717, 1.165) is 31.8 Å². The molecule has 0 saturated carbocycles. The second-order valence-corrected chi connectivity index (χ2v) is 6.24. The maximum Gasteiger partial charge on any atom is 0.201 e. The Balaban J connectivity index is 2.42. The number of rotatable bonds is 4. The fraction of sp³-hybridized carbons (Fsp3) is 0.467. The zero-order chi connectivity index (χ0) is 15.6. The second-order valence-electron chi connectivity index (χ2n) is 5.39. The van der Waals surface area contributed by atoms with Crippen LogP contribution in [0, 0.1) is 11.6 Å². The fourth-order valence-corrected chi connectivity index (χ4v) is 3.04. The molecule has 0 aliphatic carbocycles. The minimum Gasteiger partial charge on any atom is -0.505 e. The van der Waals surface area contributed by atoms with Crippen molar-refractivity contribution in [3.05, 3.63) is 39.9 Å². The van der Waals surface area contributed by atoms with Gasteiger partial charge in [-0.3, -0.25) is 4.90 Å². The van der Waals surface area contributed by atoms with Crippen molar-refractivity contribution in [1.29, 1.82) is 0 Å². The van der Waals surface area contributed by atoms with E-state index < -0.39 is 17.4 Å². The lowest BCUT2D eigenvalue weighted by Gasteiger charge is -2.35. The predicted molar refractivity (Wildman–Crippen MR) is 82.3 cm³/mol. The first kappa shape index (κ1) is 16.4. The molecule has 1 aromatic rings. The van der Waals surface area contributed by atoms with Crippen molar-refractivity contribution < 1.29 is 13.9 Å². The van der Waals surface area contributed by atoms with Gasteiger partial charge >= 0.3 is 0 Å². The molecule has 0 spiro atoms. The van der Waals surface area contributed by atoms with Crippen LogP contribution in [0.4, 0.5) is 8.78 Å². The summed E-state index contributed by atoms with van der Waals surface area (Å²) >= 11 is 3.01. The van der Waals surface area contributed by atoms with Gasteiger partial charge in [0.15, 0.2) is 11.6 Å². The van der Waals surface area contributed by atoms with E-state index in [4.69, 9.17) is 0 Å². The Labute approximate surface area is 131 Å². The van der Waals surface area contributed by atoms with Crippen LogP contribution in [0.2, 0.25) is 0 Å². The highest BCUT2D eigenvalue weighted by Crippen LogP contribution is 2.38. The van der Waals surface area contributed by atoms with Crippen molar-refractivity contribution in [2.45, 2.75) is 19.4 Å². The number of hydrogen-bond donors (Lipinski definition) is 2. The maximum absolute atomic E-state index is 13.8. The van der Waals surface area contributed by atoms with E-state index in [1.165, 1.54) is 6.07 Å². The quantitative estimate of drug-likeness (QED) is 0.638. The Kier molecular flexibility index (Phi) is 5.35. The first-order chi connectivity index (χ1) is 9.91. The van der Waals surface area contributed by atoms with Crippen LogP contribution in [0.15, 0.2) is 22.7 Å². The monoisotopic (exact) mass is 360 g/mol. The van der Waals surface area contributed by atoms with Crippen LogP contribution in [-0.2, 0) is 0 Å². The van der Waals surface area contributed by atoms with Crippen molar-refractivity contribution >= 4 is 15.9 Å². The van der Waals surface area contributed by atoms with E-state index in [0.29, 0.717) is 12.0 Å². The highest BCUT2D eigenvalue weighted by Gasteiger charge is 2.28. The Hall–Kier alpha value is -0.980. The van der Waals surface area contributed by atoms with E-state index >= 15 is 0 Å². The standard InChI is InChI=1S/C15H19BrF2N2O/c1-9(2)7-12(20-5-3-19-4-6-20)10-8-11(16)13(17)14(18)15(10)21/h8,12,19,21H,1,3-7H2,2H3/t12-/m0/s1. The topological polar surface area (TPSA) is 35.5 Å². The number of nitrogens with zero attached hydrogens (tertiary/aromatic N) is 1. The lowest BCUT2D eigenvalue weighted by atomic mass is 9.96. The Bertz CT molecular complexity index is 545. The molecule has 6 heteroatoms. The van der Waals surface area contributed by atoms with Crippen molar-refractivity contribution in [3.8, 4) is 5.75 Å².